The van der Waals surface area contributed by atoms with E-state index >= 15 is 0 Å². The molecule has 1 rings (SSSR count). The first kappa shape index (κ1) is 12.8. The van der Waals surface area contributed by atoms with Gasteiger partial charge in [-0.05, 0) is 19.1 Å². The van der Waals surface area contributed by atoms with E-state index in [1.807, 2.05) is 6.07 Å². The number of para-hydroxylation sites is 1. The molecule has 0 heterocycles. The third-order valence-corrected chi connectivity index (χ3v) is 2.41. The van der Waals surface area contributed by atoms with Gasteiger partial charge in [0.25, 0.3) is 0 Å². The van der Waals surface area contributed by atoms with E-state index in [9.17, 15) is 4.79 Å². The summed E-state index contributed by atoms with van der Waals surface area (Å²) in [5, 5.41) is 11.8. The average molecular weight is 232 g/mol. The first-order valence-electron chi connectivity index (χ1n) is 5.23. The molecule has 0 aliphatic carbocycles. The normalized spacial score (nSPS) is 11.4. The molecule has 17 heavy (non-hydrogen) atoms. The van der Waals surface area contributed by atoms with Crippen LogP contribution in [0.5, 0.6) is 0 Å². The summed E-state index contributed by atoms with van der Waals surface area (Å²) < 4.78 is 0. The van der Waals surface area contributed by atoms with E-state index in [1.165, 1.54) is 4.90 Å². The van der Waals surface area contributed by atoms with Crippen LogP contribution in [0.3, 0.4) is 0 Å². The van der Waals surface area contributed by atoms with E-state index in [1.54, 1.807) is 39.2 Å². The number of benzene rings is 1. The summed E-state index contributed by atoms with van der Waals surface area (Å²) in [5.41, 5.74) is 7.18. The van der Waals surface area contributed by atoms with Crippen LogP contribution < -0.4 is 11.1 Å². The van der Waals surface area contributed by atoms with Crippen LogP contribution in [0.1, 0.15) is 12.5 Å². The molecule has 0 radical (unpaired) electrons. The fourth-order valence-corrected chi connectivity index (χ4v) is 1.47. The van der Waals surface area contributed by atoms with E-state index in [-0.39, 0.29) is 11.9 Å². The highest BCUT2D eigenvalue weighted by Crippen LogP contribution is 2.22. The van der Waals surface area contributed by atoms with Gasteiger partial charge in [-0.3, -0.25) is 4.79 Å². The lowest BCUT2D eigenvalue weighted by Crippen LogP contribution is -2.36. The number of nitriles is 1. The number of likely N-dealkylation sites (N-methyl/N-ethyl adjacent to an activating group) is 1. The fraction of sp³-hybridized carbons (Fsp3) is 0.333. The number of amides is 1. The highest BCUT2D eigenvalue weighted by atomic mass is 16.2. The van der Waals surface area contributed by atoms with Gasteiger partial charge in [-0.2, -0.15) is 5.26 Å². The third-order valence-electron chi connectivity index (χ3n) is 2.41. The number of nitrogens with one attached hydrogen (secondary N) is 1. The number of carbonyl (C=O) groups excluding carboxylic acids is 1. The molecular weight excluding hydrogens is 216 g/mol. The SMILES string of the molecule is CC(Nc1cccc(C#N)c1N)C(=O)N(C)C. The molecule has 0 bridgehead atoms. The third kappa shape index (κ3) is 2.88. The van der Waals surface area contributed by atoms with Crippen molar-refractivity contribution in [3.8, 4) is 6.07 Å². The van der Waals surface area contributed by atoms with E-state index in [0.29, 0.717) is 16.9 Å². The maximum absolute atomic E-state index is 11.7. The Morgan fingerprint density at radius 3 is 2.71 bits per heavy atom. The predicted molar refractivity (Wildman–Crippen MR) is 67.3 cm³/mol. The van der Waals surface area contributed by atoms with E-state index in [4.69, 9.17) is 11.0 Å². The second-order valence-electron chi connectivity index (χ2n) is 3.98. The van der Waals surface area contributed by atoms with E-state index in [2.05, 4.69) is 5.32 Å². The molecule has 0 spiro atoms. The molecule has 5 heteroatoms. The molecule has 0 aromatic heterocycles. The summed E-state index contributed by atoms with van der Waals surface area (Å²) in [7, 11) is 3.38. The number of nitrogens with zero attached hydrogens (tertiary/aromatic N) is 2. The van der Waals surface area contributed by atoms with Gasteiger partial charge in [0.2, 0.25) is 5.91 Å². The Morgan fingerprint density at radius 2 is 2.18 bits per heavy atom. The Balaban J connectivity index is 2.90. The second-order valence-corrected chi connectivity index (χ2v) is 3.98. The van der Waals surface area contributed by atoms with Crippen molar-refractivity contribution in [2.45, 2.75) is 13.0 Å². The quantitative estimate of drug-likeness (QED) is 0.762. The topological polar surface area (TPSA) is 82.1 Å². The smallest absolute Gasteiger partial charge is 0.244 e. The minimum atomic E-state index is -0.388. The molecule has 90 valence electrons. The summed E-state index contributed by atoms with van der Waals surface area (Å²) in [6, 6.07) is 6.72. The van der Waals surface area contributed by atoms with Crippen LogP contribution in [-0.4, -0.2) is 30.9 Å². The van der Waals surface area contributed by atoms with Crippen molar-refractivity contribution in [3.05, 3.63) is 23.8 Å². The Morgan fingerprint density at radius 1 is 1.53 bits per heavy atom. The van der Waals surface area contributed by atoms with Crippen LogP contribution in [-0.2, 0) is 4.79 Å². The summed E-state index contributed by atoms with van der Waals surface area (Å²) in [5.74, 6) is -0.0493. The Labute approximate surface area is 101 Å². The summed E-state index contributed by atoms with van der Waals surface area (Å²) in [4.78, 5) is 13.2. The zero-order valence-corrected chi connectivity index (χ0v) is 10.2. The predicted octanol–water partition coefficient (Wildman–Crippen LogP) is 1.03. The summed E-state index contributed by atoms with van der Waals surface area (Å²) in [6.07, 6.45) is 0. The van der Waals surface area contributed by atoms with Crippen LogP contribution >= 0.6 is 0 Å². The van der Waals surface area contributed by atoms with Crippen LogP contribution in [0.4, 0.5) is 11.4 Å². The number of nitrogen functional groups attached to an aromatic ring is 1. The van der Waals surface area contributed by atoms with Crippen molar-refractivity contribution < 1.29 is 4.79 Å². The van der Waals surface area contributed by atoms with Gasteiger partial charge in [0.15, 0.2) is 0 Å². The van der Waals surface area contributed by atoms with Gasteiger partial charge in [-0.15, -0.1) is 0 Å². The first-order valence-corrected chi connectivity index (χ1v) is 5.23. The molecule has 0 fully saturated rings. The number of rotatable bonds is 3. The Kier molecular flexibility index (Phi) is 3.94. The molecule has 1 unspecified atom stereocenters. The monoisotopic (exact) mass is 232 g/mol. The van der Waals surface area contributed by atoms with Crippen LogP contribution in [0, 0.1) is 11.3 Å². The van der Waals surface area contributed by atoms with Gasteiger partial charge in [0, 0.05) is 14.1 Å². The molecule has 0 aliphatic heterocycles. The van der Waals surface area contributed by atoms with Gasteiger partial charge in [0.05, 0.1) is 16.9 Å². The second kappa shape index (κ2) is 5.21. The number of hydrogen-bond acceptors (Lipinski definition) is 4. The zero-order chi connectivity index (χ0) is 13.0. The van der Waals surface area contributed by atoms with Crippen molar-refractivity contribution in [2.75, 3.05) is 25.1 Å². The number of hydrogen-bond donors (Lipinski definition) is 2. The number of nitrogens with two attached hydrogens (primary N) is 1. The molecule has 1 amide bonds. The number of carbonyl (C=O) groups is 1. The first-order chi connectivity index (χ1) is 7.97. The lowest BCUT2D eigenvalue weighted by Gasteiger charge is -2.20. The molecule has 0 aliphatic rings. The minimum Gasteiger partial charge on any atom is -0.396 e. The Hall–Kier alpha value is -2.22. The van der Waals surface area contributed by atoms with Crippen LogP contribution in [0.25, 0.3) is 0 Å². The molecule has 1 aromatic carbocycles. The number of anilines is 2. The van der Waals surface area contributed by atoms with Crippen molar-refractivity contribution in [3.63, 3.8) is 0 Å². The van der Waals surface area contributed by atoms with Crippen molar-refractivity contribution in [1.29, 1.82) is 5.26 Å². The van der Waals surface area contributed by atoms with Gasteiger partial charge in [-0.25, -0.2) is 0 Å². The van der Waals surface area contributed by atoms with E-state index < -0.39 is 0 Å². The summed E-state index contributed by atoms with van der Waals surface area (Å²) >= 11 is 0. The van der Waals surface area contributed by atoms with Crippen molar-refractivity contribution >= 4 is 17.3 Å². The fourth-order valence-electron chi connectivity index (χ4n) is 1.47. The molecule has 1 atom stereocenters. The molecular formula is C12H16N4O. The highest BCUT2D eigenvalue weighted by molar-refractivity contribution is 5.85. The largest absolute Gasteiger partial charge is 0.396 e. The standard InChI is InChI=1S/C12H16N4O/c1-8(12(17)16(2)3)15-10-6-4-5-9(7-13)11(10)14/h4-6,8,15H,14H2,1-3H3. The van der Waals surface area contributed by atoms with Crippen molar-refractivity contribution in [2.24, 2.45) is 0 Å². The molecule has 3 N–H and O–H groups in total. The highest BCUT2D eigenvalue weighted by Gasteiger charge is 2.15. The van der Waals surface area contributed by atoms with Crippen molar-refractivity contribution in [1.82, 2.24) is 4.90 Å². The van der Waals surface area contributed by atoms with Crippen LogP contribution in [0.2, 0.25) is 0 Å². The van der Waals surface area contributed by atoms with Gasteiger partial charge in [0.1, 0.15) is 12.1 Å². The summed E-state index contributed by atoms with van der Waals surface area (Å²) in [6.45, 7) is 1.75. The molecule has 0 saturated carbocycles. The zero-order valence-electron chi connectivity index (χ0n) is 10.2. The van der Waals surface area contributed by atoms with Gasteiger partial charge in [-0.1, -0.05) is 6.07 Å². The van der Waals surface area contributed by atoms with E-state index in [0.717, 1.165) is 0 Å². The Bertz CT molecular complexity index is 462. The lowest BCUT2D eigenvalue weighted by atomic mass is 10.1. The maximum Gasteiger partial charge on any atom is 0.244 e. The average Bonchev–Trinajstić information content (AvgIpc) is 2.30. The minimum absolute atomic E-state index is 0.0493. The molecule has 5 nitrogen and oxygen atoms in total. The van der Waals surface area contributed by atoms with Gasteiger partial charge < -0.3 is 16.0 Å². The van der Waals surface area contributed by atoms with Crippen LogP contribution in [0.15, 0.2) is 18.2 Å². The molecule has 0 saturated heterocycles. The molecule has 1 aromatic rings. The lowest BCUT2D eigenvalue weighted by molar-refractivity contribution is -0.129. The van der Waals surface area contributed by atoms with Gasteiger partial charge >= 0.3 is 0 Å². The maximum atomic E-state index is 11.7.